The van der Waals surface area contributed by atoms with Gasteiger partial charge >= 0.3 is 6.18 Å². The van der Waals surface area contributed by atoms with Crippen molar-refractivity contribution in [2.45, 2.75) is 12.6 Å². The Morgan fingerprint density at radius 1 is 1.06 bits per heavy atom. The van der Waals surface area contributed by atoms with Crippen molar-refractivity contribution in [1.82, 2.24) is 15.1 Å². The van der Waals surface area contributed by atoms with Crippen molar-refractivity contribution in [2.75, 3.05) is 20.8 Å². The summed E-state index contributed by atoms with van der Waals surface area (Å²) < 4.78 is 65.0. The Balaban J connectivity index is 1.77. The van der Waals surface area contributed by atoms with Crippen molar-refractivity contribution in [3.63, 3.8) is 0 Å². The summed E-state index contributed by atoms with van der Waals surface area (Å²) in [5.74, 6) is -0.469. The molecule has 3 rings (SSSR count). The topological polar surface area (TPSA) is 65.4 Å². The van der Waals surface area contributed by atoms with E-state index in [-0.39, 0.29) is 12.2 Å². The molecule has 0 saturated heterocycles. The molecule has 6 nitrogen and oxygen atoms in total. The molecule has 0 aliphatic heterocycles. The van der Waals surface area contributed by atoms with Crippen molar-refractivity contribution in [3.8, 4) is 17.2 Å². The van der Waals surface area contributed by atoms with E-state index in [1.54, 1.807) is 18.2 Å². The van der Waals surface area contributed by atoms with Crippen LogP contribution in [0.5, 0.6) is 11.5 Å². The third kappa shape index (κ3) is 4.96. The van der Waals surface area contributed by atoms with Gasteiger partial charge in [0.2, 0.25) is 0 Å². The molecule has 1 N–H and O–H groups in total. The number of hydrogen-bond acceptors (Lipinski definition) is 4. The van der Waals surface area contributed by atoms with Crippen LogP contribution in [0.25, 0.3) is 5.69 Å². The molecule has 0 radical (unpaired) electrons. The number of hydrogen-bond donors (Lipinski definition) is 1. The van der Waals surface area contributed by atoms with E-state index in [1.807, 2.05) is 0 Å². The maximum Gasteiger partial charge on any atom is 0.434 e. The maximum atomic E-state index is 13.7. The molecule has 31 heavy (non-hydrogen) atoms. The van der Waals surface area contributed by atoms with Gasteiger partial charge in [0.15, 0.2) is 17.2 Å². The predicted octanol–water partition coefficient (Wildman–Crippen LogP) is 4.02. The number of ether oxygens (including phenoxy) is 2. The molecule has 0 fully saturated rings. The Morgan fingerprint density at radius 2 is 1.74 bits per heavy atom. The molecule has 0 aliphatic carbocycles. The standard InChI is InChI=1S/C21H19F4N3O3/c1-30-17-8-3-13(11-18(17)31-2)9-10-26-20(29)16-12-27-28(19(16)21(23,24)25)15-6-4-14(22)5-7-15/h3-8,11-12H,9-10H2,1-2H3,(H,26,29). The summed E-state index contributed by atoms with van der Waals surface area (Å²) in [7, 11) is 2.99. The zero-order chi connectivity index (χ0) is 22.6. The number of benzene rings is 2. The van der Waals surface area contributed by atoms with Crippen molar-refractivity contribution >= 4 is 5.91 Å². The van der Waals surface area contributed by atoms with Gasteiger partial charge in [0, 0.05) is 6.54 Å². The van der Waals surface area contributed by atoms with E-state index in [0.29, 0.717) is 22.6 Å². The van der Waals surface area contributed by atoms with E-state index in [9.17, 15) is 22.4 Å². The molecule has 1 amide bonds. The van der Waals surface area contributed by atoms with Gasteiger partial charge in [0.05, 0.1) is 31.7 Å². The molecule has 164 valence electrons. The zero-order valence-electron chi connectivity index (χ0n) is 16.7. The van der Waals surface area contributed by atoms with Crippen LogP contribution < -0.4 is 14.8 Å². The van der Waals surface area contributed by atoms with Gasteiger partial charge in [-0.1, -0.05) is 6.07 Å². The number of aromatic nitrogens is 2. The second kappa shape index (κ2) is 9.07. The first-order chi connectivity index (χ1) is 14.7. The number of methoxy groups -OCH3 is 2. The van der Waals surface area contributed by atoms with E-state index >= 15 is 0 Å². The van der Waals surface area contributed by atoms with Crippen LogP contribution in [0.15, 0.2) is 48.7 Å². The lowest BCUT2D eigenvalue weighted by molar-refractivity contribution is -0.143. The van der Waals surface area contributed by atoms with E-state index in [4.69, 9.17) is 9.47 Å². The molecule has 0 spiro atoms. The van der Waals surface area contributed by atoms with Gasteiger partial charge in [-0.2, -0.15) is 18.3 Å². The molecule has 2 aromatic carbocycles. The number of halogens is 4. The lowest BCUT2D eigenvalue weighted by Crippen LogP contribution is -2.28. The van der Waals surface area contributed by atoms with Gasteiger partial charge in [-0.15, -0.1) is 0 Å². The quantitative estimate of drug-likeness (QED) is 0.567. The minimum atomic E-state index is -4.85. The van der Waals surface area contributed by atoms with Crippen LogP contribution in [0.3, 0.4) is 0 Å². The first kappa shape index (κ1) is 22.1. The first-order valence-corrected chi connectivity index (χ1v) is 9.15. The summed E-state index contributed by atoms with van der Waals surface area (Å²) in [4.78, 5) is 12.5. The molecular weight excluding hydrogens is 418 g/mol. The van der Waals surface area contributed by atoms with Crippen molar-refractivity contribution < 1.29 is 31.8 Å². The zero-order valence-corrected chi connectivity index (χ0v) is 16.7. The van der Waals surface area contributed by atoms with Crippen molar-refractivity contribution in [2.24, 2.45) is 0 Å². The Morgan fingerprint density at radius 3 is 2.35 bits per heavy atom. The maximum absolute atomic E-state index is 13.7. The fraction of sp³-hybridized carbons (Fsp3) is 0.238. The van der Waals surface area contributed by atoms with E-state index in [2.05, 4.69) is 10.4 Å². The van der Waals surface area contributed by atoms with E-state index < -0.39 is 29.2 Å². The van der Waals surface area contributed by atoms with Gasteiger partial charge in [-0.05, 0) is 48.4 Å². The summed E-state index contributed by atoms with van der Waals surface area (Å²) >= 11 is 0. The molecule has 0 aliphatic rings. The molecule has 0 saturated carbocycles. The Bertz CT molecular complexity index is 1060. The van der Waals surface area contributed by atoms with Crippen molar-refractivity contribution in [3.05, 3.63) is 71.3 Å². The summed E-state index contributed by atoms with van der Waals surface area (Å²) in [5, 5.41) is 6.17. The highest BCUT2D eigenvalue weighted by Crippen LogP contribution is 2.33. The van der Waals surface area contributed by atoms with Gasteiger partial charge in [-0.3, -0.25) is 4.79 Å². The van der Waals surface area contributed by atoms with Gasteiger partial charge < -0.3 is 14.8 Å². The number of carbonyl (C=O) groups excluding carboxylic acids is 1. The second-order valence-corrected chi connectivity index (χ2v) is 6.49. The average Bonchev–Trinajstić information content (AvgIpc) is 3.20. The fourth-order valence-corrected chi connectivity index (χ4v) is 3.02. The number of nitrogens with zero attached hydrogens (tertiary/aromatic N) is 2. The number of carbonyl (C=O) groups is 1. The SMILES string of the molecule is COc1ccc(CCNC(=O)c2cnn(-c3ccc(F)cc3)c2C(F)(F)F)cc1OC. The van der Waals surface area contributed by atoms with Crippen LogP contribution in [0.2, 0.25) is 0 Å². The predicted molar refractivity (Wildman–Crippen MR) is 104 cm³/mol. The summed E-state index contributed by atoms with van der Waals surface area (Å²) in [6.07, 6.45) is -3.64. The Labute approximate surface area is 175 Å². The first-order valence-electron chi connectivity index (χ1n) is 9.15. The molecular formula is C21H19F4N3O3. The monoisotopic (exact) mass is 437 g/mol. The van der Waals surface area contributed by atoms with Crippen LogP contribution >= 0.6 is 0 Å². The summed E-state index contributed by atoms with van der Waals surface area (Å²) in [6.45, 7) is 0.0906. The normalized spacial score (nSPS) is 11.3. The van der Waals surface area contributed by atoms with Crippen LogP contribution in [0.1, 0.15) is 21.6 Å². The third-order valence-electron chi connectivity index (χ3n) is 4.50. The smallest absolute Gasteiger partial charge is 0.434 e. The number of alkyl halides is 3. The number of amides is 1. The highest BCUT2D eigenvalue weighted by Gasteiger charge is 2.40. The summed E-state index contributed by atoms with van der Waals surface area (Å²) in [5.41, 5.74) is -1.07. The number of nitrogens with one attached hydrogen (secondary N) is 1. The Kier molecular flexibility index (Phi) is 6.47. The van der Waals surface area contributed by atoms with Crippen molar-refractivity contribution in [1.29, 1.82) is 0 Å². The average molecular weight is 437 g/mol. The largest absolute Gasteiger partial charge is 0.493 e. The molecule has 3 aromatic rings. The highest BCUT2D eigenvalue weighted by molar-refractivity contribution is 5.95. The molecule has 1 aromatic heterocycles. The van der Waals surface area contributed by atoms with Gasteiger partial charge in [0.1, 0.15) is 5.82 Å². The molecule has 0 bridgehead atoms. The molecule has 0 unspecified atom stereocenters. The Hall–Kier alpha value is -3.56. The highest BCUT2D eigenvalue weighted by atomic mass is 19.4. The second-order valence-electron chi connectivity index (χ2n) is 6.49. The molecule has 1 heterocycles. The summed E-state index contributed by atoms with van der Waals surface area (Å²) in [6, 6.07) is 9.51. The van der Waals surface area contributed by atoms with E-state index in [1.165, 1.54) is 14.2 Å². The molecule has 0 atom stereocenters. The van der Waals surface area contributed by atoms with Crippen LogP contribution in [0, 0.1) is 5.82 Å². The minimum Gasteiger partial charge on any atom is -0.493 e. The van der Waals surface area contributed by atoms with Crippen LogP contribution in [-0.4, -0.2) is 36.5 Å². The third-order valence-corrected chi connectivity index (χ3v) is 4.50. The van der Waals surface area contributed by atoms with Crippen LogP contribution in [-0.2, 0) is 12.6 Å². The van der Waals surface area contributed by atoms with Gasteiger partial charge in [-0.25, -0.2) is 9.07 Å². The van der Waals surface area contributed by atoms with E-state index in [0.717, 1.165) is 36.0 Å². The number of rotatable bonds is 7. The lowest BCUT2D eigenvalue weighted by Gasteiger charge is -2.13. The lowest BCUT2D eigenvalue weighted by atomic mass is 10.1. The molecule has 10 heteroatoms. The fourth-order valence-electron chi connectivity index (χ4n) is 3.02. The minimum absolute atomic E-state index is 0.0156. The van der Waals surface area contributed by atoms with Gasteiger partial charge in [0.25, 0.3) is 5.91 Å². The van der Waals surface area contributed by atoms with Crippen LogP contribution in [0.4, 0.5) is 17.6 Å².